The zero-order chi connectivity index (χ0) is 24.1. The minimum absolute atomic E-state index is 0.0432. The molecule has 1 amide bonds. The van der Waals surface area contributed by atoms with Crippen molar-refractivity contribution in [3.8, 4) is 11.5 Å². The van der Waals surface area contributed by atoms with Crippen molar-refractivity contribution in [1.29, 1.82) is 0 Å². The molecular weight excluding hydrogens is 427 g/mol. The van der Waals surface area contributed by atoms with Gasteiger partial charge in [0.2, 0.25) is 0 Å². The highest BCUT2D eigenvalue weighted by Gasteiger charge is 2.46. The summed E-state index contributed by atoms with van der Waals surface area (Å²) in [5, 5.41) is 11.0. The number of likely N-dealkylation sites (N-methyl/N-ethyl adjacent to an activating group) is 1. The smallest absolute Gasteiger partial charge is 0.295 e. The van der Waals surface area contributed by atoms with Crippen LogP contribution >= 0.6 is 0 Å². The number of rotatable bonds is 9. The molecular formula is C25H29FN2O5. The number of carbonyl (C=O) groups excluding carboxylic acids is 2. The van der Waals surface area contributed by atoms with Gasteiger partial charge in [0.25, 0.3) is 11.7 Å². The number of ketones is 1. The normalized spacial score (nSPS) is 17.6. The number of halogens is 1. The number of likely N-dealkylation sites (tertiary alicyclic amines) is 1. The summed E-state index contributed by atoms with van der Waals surface area (Å²) in [5.41, 5.74) is 0.803. The molecule has 7 nitrogen and oxygen atoms in total. The number of aliphatic hydroxyl groups is 1. The fourth-order valence-corrected chi connectivity index (χ4v) is 4.03. The molecule has 33 heavy (non-hydrogen) atoms. The highest BCUT2D eigenvalue weighted by molar-refractivity contribution is 6.46. The van der Waals surface area contributed by atoms with E-state index in [1.165, 1.54) is 43.4 Å². The number of benzene rings is 2. The summed E-state index contributed by atoms with van der Waals surface area (Å²) in [4.78, 5) is 29.8. The number of ether oxygens (including phenoxy) is 2. The summed E-state index contributed by atoms with van der Waals surface area (Å²) in [7, 11) is 3.01. The lowest BCUT2D eigenvalue weighted by molar-refractivity contribution is -0.140. The van der Waals surface area contributed by atoms with Crippen LogP contribution in [0.2, 0.25) is 0 Å². The summed E-state index contributed by atoms with van der Waals surface area (Å²) >= 11 is 0. The van der Waals surface area contributed by atoms with E-state index in [-0.39, 0.29) is 16.9 Å². The van der Waals surface area contributed by atoms with Crippen molar-refractivity contribution < 1.29 is 28.6 Å². The van der Waals surface area contributed by atoms with Crippen molar-refractivity contribution in [2.24, 2.45) is 0 Å². The van der Waals surface area contributed by atoms with Gasteiger partial charge >= 0.3 is 0 Å². The SMILES string of the molecule is CCN(CC)CCN1C(=O)C(=O)C(=C(O)c2ccc(F)cc2)[C@H]1c1ccc(OC)c(OC)c1. The van der Waals surface area contributed by atoms with Crippen molar-refractivity contribution >= 4 is 17.4 Å². The van der Waals surface area contributed by atoms with Gasteiger partial charge in [-0.25, -0.2) is 4.39 Å². The largest absolute Gasteiger partial charge is 0.507 e. The predicted molar refractivity (Wildman–Crippen MR) is 123 cm³/mol. The van der Waals surface area contributed by atoms with Crippen LogP contribution in [0.5, 0.6) is 11.5 Å². The number of carbonyl (C=O) groups is 2. The van der Waals surface area contributed by atoms with Gasteiger partial charge in [-0.15, -0.1) is 0 Å². The Labute approximate surface area is 193 Å². The Morgan fingerprint density at radius 2 is 1.67 bits per heavy atom. The average molecular weight is 457 g/mol. The van der Waals surface area contributed by atoms with E-state index < -0.39 is 23.5 Å². The van der Waals surface area contributed by atoms with E-state index in [2.05, 4.69) is 4.90 Å². The molecule has 3 rings (SSSR count). The molecule has 0 spiro atoms. The minimum atomic E-state index is -0.828. The van der Waals surface area contributed by atoms with Crippen LogP contribution in [0.25, 0.3) is 5.76 Å². The lowest BCUT2D eigenvalue weighted by atomic mass is 9.95. The molecule has 0 saturated carbocycles. The Morgan fingerprint density at radius 1 is 1.03 bits per heavy atom. The maximum absolute atomic E-state index is 13.4. The highest BCUT2D eigenvalue weighted by atomic mass is 19.1. The summed E-state index contributed by atoms with van der Waals surface area (Å²) in [6.45, 7) is 6.52. The molecule has 1 aliphatic rings. The first-order valence-corrected chi connectivity index (χ1v) is 10.8. The van der Waals surface area contributed by atoms with Crippen molar-refractivity contribution in [2.75, 3.05) is 40.4 Å². The lowest BCUT2D eigenvalue weighted by Gasteiger charge is -2.28. The summed E-state index contributed by atoms with van der Waals surface area (Å²) in [6, 6.07) is 9.42. The predicted octanol–water partition coefficient (Wildman–Crippen LogP) is 3.61. The second-order valence-corrected chi connectivity index (χ2v) is 7.64. The van der Waals surface area contributed by atoms with Crippen molar-refractivity contribution in [3.05, 3.63) is 65.0 Å². The first kappa shape index (κ1) is 24.3. The third-order valence-corrected chi connectivity index (χ3v) is 5.93. The summed E-state index contributed by atoms with van der Waals surface area (Å²) in [6.07, 6.45) is 0. The Balaban J connectivity index is 2.14. The zero-order valence-electron chi connectivity index (χ0n) is 19.3. The molecule has 1 aliphatic heterocycles. The first-order chi connectivity index (χ1) is 15.9. The molecule has 2 aromatic rings. The molecule has 2 aromatic carbocycles. The monoisotopic (exact) mass is 456 g/mol. The maximum atomic E-state index is 13.4. The van der Waals surface area contributed by atoms with E-state index in [1.54, 1.807) is 18.2 Å². The fourth-order valence-electron chi connectivity index (χ4n) is 4.03. The van der Waals surface area contributed by atoms with E-state index in [4.69, 9.17) is 9.47 Å². The second-order valence-electron chi connectivity index (χ2n) is 7.64. The van der Waals surface area contributed by atoms with Crippen LogP contribution in [0.1, 0.15) is 31.0 Å². The Kier molecular flexibility index (Phi) is 7.71. The average Bonchev–Trinajstić information content (AvgIpc) is 3.09. The molecule has 0 aromatic heterocycles. The number of Topliss-reactive ketones (excluding diaryl/α,β-unsaturated/α-hetero) is 1. The van der Waals surface area contributed by atoms with Gasteiger partial charge in [-0.05, 0) is 55.1 Å². The minimum Gasteiger partial charge on any atom is -0.507 e. The molecule has 0 aliphatic carbocycles. The molecule has 1 atom stereocenters. The van der Waals surface area contributed by atoms with Gasteiger partial charge in [-0.2, -0.15) is 0 Å². The topological polar surface area (TPSA) is 79.3 Å². The van der Waals surface area contributed by atoms with Crippen LogP contribution in [-0.2, 0) is 9.59 Å². The van der Waals surface area contributed by atoms with Crippen LogP contribution in [0, 0.1) is 5.82 Å². The van der Waals surface area contributed by atoms with E-state index in [0.717, 1.165) is 13.1 Å². The molecule has 1 heterocycles. The number of nitrogens with zero attached hydrogens (tertiary/aromatic N) is 2. The van der Waals surface area contributed by atoms with Crippen molar-refractivity contribution in [3.63, 3.8) is 0 Å². The Morgan fingerprint density at radius 3 is 2.24 bits per heavy atom. The lowest BCUT2D eigenvalue weighted by Crippen LogP contribution is -2.38. The number of hydrogen-bond donors (Lipinski definition) is 1. The Bertz CT molecular complexity index is 1050. The quantitative estimate of drug-likeness (QED) is 0.353. The van der Waals surface area contributed by atoms with E-state index >= 15 is 0 Å². The third kappa shape index (κ3) is 4.85. The van der Waals surface area contributed by atoms with E-state index in [9.17, 15) is 19.1 Å². The van der Waals surface area contributed by atoms with Gasteiger partial charge < -0.3 is 24.4 Å². The first-order valence-electron chi connectivity index (χ1n) is 10.8. The van der Waals surface area contributed by atoms with Crippen LogP contribution < -0.4 is 9.47 Å². The molecule has 1 fully saturated rings. The molecule has 0 unspecified atom stereocenters. The molecule has 176 valence electrons. The number of hydrogen-bond acceptors (Lipinski definition) is 6. The number of methoxy groups -OCH3 is 2. The summed E-state index contributed by atoms with van der Waals surface area (Å²) in [5.74, 6) is -1.35. The zero-order valence-corrected chi connectivity index (χ0v) is 19.3. The van der Waals surface area contributed by atoms with E-state index in [1.807, 2.05) is 13.8 Å². The van der Waals surface area contributed by atoms with Gasteiger partial charge in [-0.1, -0.05) is 19.9 Å². The van der Waals surface area contributed by atoms with Gasteiger partial charge in [0.15, 0.2) is 11.5 Å². The maximum Gasteiger partial charge on any atom is 0.295 e. The molecule has 1 N–H and O–H groups in total. The molecule has 8 heteroatoms. The summed E-state index contributed by atoms with van der Waals surface area (Å²) < 4.78 is 24.1. The number of amides is 1. The van der Waals surface area contributed by atoms with Gasteiger partial charge in [0, 0.05) is 18.7 Å². The van der Waals surface area contributed by atoms with E-state index in [0.29, 0.717) is 30.2 Å². The highest BCUT2D eigenvalue weighted by Crippen LogP contribution is 2.41. The second kappa shape index (κ2) is 10.5. The van der Waals surface area contributed by atoms with Gasteiger partial charge in [0.05, 0.1) is 25.8 Å². The standard InChI is InChI=1S/C25H29FN2O5/c1-5-27(6-2)13-14-28-22(17-9-12-19(32-3)20(15-17)33-4)21(24(30)25(28)31)23(29)16-7-10-18(26)11-8-16/h7-12,15,22,29H,5-6,13-14H2,1-4H3/t22-/m1/s1. The fraction of sp³-hybridized carbons (Fsp3) is 0.360. The molecule has 1 saturated heterocycles. The van der Waals surface area contributed by atoms with Crippen LogP contribution in [0.15, 0.2) is 48.0 Å². The van der Waals surface area contributed by atoms with Crippen LogP contribution in [0.3, 0.4) is 0 Å². The van der Waals surface area contributed by atoms with Crippen molar-refractivity contribution in [2.45, 2.75) is 19.9 Å². The Hall–Kier alpha value is -3.39. The third-order valence-electron chi connectivity index (χ3n) is 5.93. The van der Waals surface area contributed by atoms with Gasteiger partial charge in [0.1, 0.15) is 11.6 Å². The van der Waals surface area contributed by atoms with Crippen molar-refractivity contribution in [1.82, 2.24) is 9.80 Å². The number of aliphatic hydroxyl groups excluding tert-OH is 1. The van der Waals surface area contributed by atoms with Crippen LogP contribution in [0.4, 0.5) is 4.39 Å². The van der Waals surface area contributed by atoms with Crippen LogP contribution in [-0.4, -0.2) is 67.0 Å². The molecule has 0 radical (unpaired) electrons. The van der Waals surface area contributed by atoms with Gasteiger partial charge in [-0.3, -0.25) is 9.59 Å². The molecule has 0 bridgehead atoms.